The van der Waals surface area contributed by atoms with E-state index < -0.39 is 10.2 Å². The van der Waals surface area contributed by atoms with Gasteiger partial charge in [0.1, 0.15) is 6.54 Å². The van der Waals surface area contributed by atoms with E-state index >= 15 is 0 Å². The molecule has 1 unspecified atom stereocenters. The molecule has 0 radical (unpaired) electrons. The van der Waals surface area contributed by atoms with E-state index in [4.69, 9.17) is 18.6 Å². The standard InChI is InChI=1S/C9H14NS2.ClHO4/c1-8-4-2-3-5-10(8)9-11-6-7-12-9;2-1(3,4)5/h6-8H,2-5H2,1H3;(H,2,3,4,5)/q+1;/p-1. The molecule has 2 heterocycles. The predicted octanol–water partition coefficient (Wildman–Crippen LogP) is -2.60. The molecule has 1 atom stereocenters. The SMILES string of the molecule is CC1CCCC[N+]1=c1sccs1.[O-][Cl+3]([O-])([O-])[O-]. The third kappa shape index (κ3) is 6.46. The fourth-order valence-electron chi connectivity index (χ4n) is 1.70. The number of rotatable bonds is 0. The molecule has 0 N–H and O–H groups in total. The maximum absolute atomic E-state index is 8.49. The van der Waals surface area contributed by atoms with Crippen molar-refractivity contribution in [1.82, 2.24) is 4.58 Å². The van der Waals surface area contributed by atoms with Gasteiger partial charge in [-0.05, 0) is 13.3 Å². The molecule has 8 heteroatoms. The van der Waals surface area contributed by atoms with Gasteiger partial charge >= 0.3 is 3.98 Å². The molecule has 0 aliphatic carbocycles. The molecule has 98 valence electrons. The molecule has 0 spiro atoms. The summed E-state index contributed by atoms with van der Waals surface area (Å²) < 4.78 is 38.0. The Kier molecular flexibility index (Phi) is 6.01. The van der Waals surface area contributed by atoms with Gasteiger partial charge in [0.25, 0.3) is 0 Å². The van der Waals surface area contributed by atoms with Crippen LogP contribution >= 0.6 is 22.7 Å². The molecule has 1 fully saturated rings. The highest BCUT2D eigenvalue weighted by Crippen LogP contribution is 2.10. The van der Waals surface area contributed by atoms with Crippen molar-refractivity contribution in [2.75, 3.05) is 6.54 Å². The van der Waals surface area contributed by atoms with Gasteiger partial charge in [-0.25, -0.2) is 23.2 Å². The van der Waals surface area contributed by atoms with Crippen molar-refractivity contribution in [3.8, 4) is 0 Å². The molecule has 1 saturated heterocycles. The molecule has 17 heavy (non-hydrogen) atoms. The lowest BCUT2D eigenvalue weighted by Crippen LogP contribution is -2.68. The Bertz CT molecular complexity index is 375. The summed E-state index contributed by atoms with van der Waals surface area (Å²) in [6.07, 6.45) is 4.15. The van der Waals surface area contributed by atoms with Crippen molar-refractivity contribution in [3.05, 3.63) is 14.7 Å². The lowest BCUT2D eigenvalue weighted by molar-refractivity contribution is -2.00. The Morgan fingerprint density at radius 1 is 1.18 bits per heavy atom. The van der Waals surface area contributed by atoms with Gasteiger partial charge in [0.05, 0.1) is 0 Å². The average Bonchev–Trinajstić information content (AvgIpc) is 2.68. The summed E-state index contributed by atoms with van der Waals surface area (Å²) in [6, 6.07) is 0.758. The normalized spacial score (nSPS) is 20.8. The third-order valence-corrected chi connectivity index (χ3v) is 4.60. The minimum absolute atomic E-state index is 0.758. The fraction of sp³-hybridized carbons (Fsp3) is 0.667. The summed E-state index contributed by atoms with van der Waals surface area (Å²) >= 11 is 3.76. The highest BCUT2D eigenvalue weighted by molar-refractivity contribution is 7.24. The number of piperidine rings is 1. The number of hydrogen-bond donors (Lipinski definition) is 0. The Morgan fingerprint density at radius 2 is 1.71 bits per heavy atom. The third-order valence-electron chi connectivity index (χ3n) is 2.43. The second-order valence-corrected chi connectivity index (χ2v) is 6.49. The van der Waals surface area contributed by atoms with Crippen LogP contribution in [0.15, 0.2) is 10.8 Å². The lowest BCUT2D eigenvalue weighted by Gasteiger charge is -2.17. The second kappa shape index (κ2) is 6.79. The first-order valence-corrected chi connectivity index (χ1v) is 8.11. The molecule has 5 nitrogen and oxygen atoms in total. The predicted molar refractivity (Wildman–Crippen MR) is 55.6 cm³/mol. The van der Waals surface area contributed by atoms with Gasteiger partial charge in [-0.3, -0.25) is 0 Å². The lowest BCUT2D eigenvalue weighted by atomic mass is 10.1. The number of halogens is 1. The van der Waals surface area contributed by atoms with E-state index in [9.17, 15) is 0 Å². The minimum Gasteiger partial charge on any atom is -0.222 e. The van der Waals surface area contributed by atoms with E-state index in [0.717, 1.165) is 6.04 Å². The quantitative estimate of drug-likeness (QED) is 0.491. The van der Waals surface area contributed by atoms with E-state index in [1.165, 1.54) is 29.8 Å². The first-order chi connectivity index (χ1) is 7.88. The summed E-state index contributed by atoms with van der Waals surface area (Å²) in [5.74, 6) is 0. The molecule has 0 aromatic carbocycles. The highest BCUT2D eigenvalue weighted by Gasteiger charge is 2.21. The Hall–Kier alpha value is -0.0200. The van der Waals surface area contributed by atoms with Crippen LogP contribution < -0.4 is 27.2 Å². The molecule has 0 bridgehead atoms. The molecule has 0 amide bonds. The Morgan fingerprint density at radius 3 is 2.18 bits per heavy atom. The molecular weight excluding hydrogens is 286 g/mol. The van der Waals surface area contributed by atoms with Crippen molar-refractivity contribution in [3.63, 3.8) is 0 Å². The average molecular weight is 300 g/mol. The zero-order chi connectivity index (χ0) is 12.9. The summed E-state index contributed by atoms with van der Waals surface area (Å²) in [5.41, 5.74) is 0. The van der Waals surface area contributed by atoms with Crippen LogP contribution in [0.4, 0.5) is 0 Å². The molecule has 1 aromatic heterocycles. The van der Waals surface area contributed by atoms with Gasteiger partial charge in [-0.1, -0.05) is 22.7 Å². The molecular formula is C9H14ClNO4S2. The van der Waals surface area contributed by atoms with Crippen molar-refractivity contribution < 1.29 is 28.9 Å². The summed E-state index contributed by atoms with van der Waals surface area (Å²) in [7, 11) is -4.94. The fourth-order valence-corrected chi connectivity index (χ4v) is 3.75. The van der Waals surface area contributed by atoms with Gasteiger partial charge in [-0.2, -0.15) is 0 Å². The van der Waals surface area contributed by atoms with E-state index in [2.05, 4.69) is 22.3 Å². The van der Waals surface area contributed by atoms with Crippen LogP contribution in [0, 0.1) is 10.2 Å². The van der Waals surface area contributed by atoms with E-state index in [1.54, 1.807) is 0 Å². The van der Waals surface area contributed by atoms with E-state index in [-0.39, 0.29) is 0 Å². The van der Waals surface area contributed by atoms with Crippen molar-refractivity contribution >= 4 is 22.7 Å². The maximum atomic E-state index is 8.49. The molecule has 1 aliphatic rings. The minimum atomic E-state index is -4.94. The largest absolute Gasteiger partial charge is 0.314 e. The van der Waals surface area contributed by atoms with E-state index in [1.807, 2.05) is 22.7 Å². The van der Waals surface area contributed by atoms with Crippen LogP contribution in [0.1, 0.15) is 26.2 Å². The summed E-state index contributed by atoms with van der Waals surface area (Å²) in [6.45, 7) is 3.60. The van der Waals surface area contributed by atoms with Crippen molar-refractivity contribution in [2.24, 2.45) is 0 Å². The monoisotopic (exact) mass is 299 g/mol. The summed E-state index contributed by atoms with van der Waals surface area (Å²) in [5, 5.41) is 4.36. The van der Waals surface area contributed by atoms with Crippen molar-refractivity contribution in [2.45, 2.75) is 32.2 Å². The number of nitrogens with zero attached hydrogens (tertiary/aromatic N) is 1. The number of hydrogen-bond acceptors (Lipinski definition) is 6. The molecule has 1 aromatic rings. The van der Waals surface area contributed by atoms with Crippen LogP contribution in [0.25, 0.3) is 0 Å². The first-order valence-electron chi connectivity index (χ1n) is 5.11. The molecule has 1 aliphatic heterocycles. The van der Waals surface area contributed by atoms with Crippen LogP contribution in [-0.2, 0) is 0 Å². The van der Waals surface area contributed by atoms with Gasteiger partial charge in [0, 0.05) is 23.6 Å². The second-order valence-electron chi connectivity index (χ2n) is 3.69. The Balaban J connectivity index is 0.000000249. The zero-order valence-electron chi connectivity index (χ0n) is 9.34. The van der Waals surface area contributed by atoms with Crippen LogP contribution in [0.3, 0.4) is 0 Å². The topological polar surface area (TPSA) is 95.2 Å². The van der Waals surface area contributed by atoms with Crippen LogP contribution in [0.5, 0.6) is 0 Å². The van der Waals surface area contributed by atoms with Gasteiger partial charge in [0.15, 0.2) is 6.04 Å². The maximum Gasteiger partial charge on any atom is 0.314 e. The Labute approximate surface area is 110 Å². The van der Waals surface area contributed by atoms with Gasteiger partial charge in [0.2, 0.25) is 0 Å². The molecule has 2 rings (SSSR count). The zero-order valence-corrected chi connectivity index (χ0v) is 11.7. The van der Waals surface area contributed by atoms with Crippen LogP contribution in [0.2, 0.25) is 0 Å². The van der Waals surface area contributed by atoms with Crippen molar-refractivity contribution in [1.29, 1.82) is 0 Å². The first kappa shape index (κ1) is 15.0. The smallest absolute Gasteiger partial charge is 0.222 e. The van der Waals surface area contributed by atoms with Gasteiger partial charge < -0.3 is 0 Å². The molecule has 0 saturated carbocycles. The summed E-state index contributed by atoms with van der Waals surface area (Å²) in [4.78, 5) is 0. The van der Waals surface area contributed by atoms with E-state index in [0.29, 0.717) is 0 Å². The van der Waals surface area contributed by atoms with Crippen LogP contribution in [-0.4, -0.2) is 12.6 Å². The highest BCUT2D eigenvalue weighted by atomic mass is 35.7. The van der Waals surface area contributed by atoms with Gasteiger partial charge in [-0.15, -0.1) is 10.2 Å².